The zero-order valence-electron chi connectivity index (χ0n) is 18.6. The fraction of sp³-hybridized carbons (Fsp3) is 0.435. The van der Waals surface area contributed by atoms with Crippen molar-refractivity contribution in [1.29, 1.82) is 0 Å². The van der Waals surface area contributed by atoms with Crippen LogP contribution in [0.25, 0.3) is 0 Å². The summed E-state index contributed by atoms with van der Waals surface area (Å²) in [5.41, 5.74) is 2.98. The molecule has 0 aliphatic heterocycles. The monoisotopic (exact) mass is 446 g/mol. The van der Waals surface area contributed by atoms with Crippen LogP contribution in [0, 0.1) is 6.92 Å². The van der Waals surface area contributed by atoms with E-state index >= 15 is 0 Å². The van der Waals surface area contributed by atoms with Gasteiger partial charge in [-0.1, -0.05) is 44.0 Å². The van der Waals surface area contributed by atoms with Crippen LogP contribution in [-0.2, 0) is 23.1 Å². The van der Waals surface area contributed by atoms with Gasteiger partial charge < -0.3 is 15.4 Å². The number of primary sulfonamides is 1. The van der Waals surface area contributed by atoms with E-state index in [0.717, 1.165) is 41.7 Å². The molecule has 0 aliphatic rings. The number of unbranched alkanes of at least 4 members (excludes halogenated alkanes) is 2. The van der Waals surface area contributed by atoms with Gasteiger partial charge >= 0.3 is 0 Å². The molecule has 0 aliphatic carbocycles. The Labute approximate surface area is 186 Å². The predicted octanol–water partition coefficient (Wildman–Crippen LogP) is 3.47. The second-order valence-corrected chi connectivity index (χ2v) is 8.97. The first-order valence-electron chi connectivity index (χ1n) is 10.7. The number of benzene rings is 2. The molecule has 0 saturated carbocycles. The third-order valence-corrected chi connectivity index (χ3v) is 5.58. The zero-order chi connectivity index (χ0) is 22.7. The van der Waals surface area contributed by atoms with Gasteiger partial charge in [0.25, 0.3) is 0 Å². The van der Waals surface area contributed by atoms with Crippen LogP contribution in [0.4, 0.5) is 0 Å². The maximum absolute atomic E-state index is 11.6. The van der Waals surface area contributed by atoms with Crippen molar-refractivity contribution >= 4 is 16.0 Å². The first kappa shape index (κ1) is 24.7. The summed E-state index contributed by atoms with van der Waals surface area (Å²) in [5.74, 6) is 1.53. The second-order valence-electron chi connectivity index (χ2n) is 7.41. The molecule has 2 rings (SSSR count). The van der Waals surface area contributed by atoms with E-state index in [4.69, 9.17) is 9.88 Å². The lowest BCUT2D eigenvalue weighted by atomic mass is 10.1. The Hall–Kier alpha value is -2.58. The Bertz CT molecular complexity index is 975. The lowest BCUT2D eigenvalue weighted by Crippen LogP contribution is -2.36. The number of nitrogens with one attached hydrogen (secondary N) is 2. The summed E-state index contributed by atoms with van der Waals surface area (Å²) in [6.45, 7) is 8.52. The van der Waals surface area contributed by atoms with E-state index in [2.05, 4.69) is 47.7 Å². The van der Waals surface area contributed by atoms with Crippen molar-refractivity contribution in [2.75, 3.05) is 13.2 Å². The zero-order valence-corrected chi connectivity index (χ0v) is 19.5. The summed E-state index contributed by atoms with van der Waals surface area (Å²) in [6.07, 6.45) is 3.36. The summed E-state index contributed by atoms with van der Waals surface area (Å²) in [5, 5.41) is 11.8. The Morgan fingerprint density at radius 2 is 1.90 bits per heavy atom. The highest BCUT2D eigenvalue weighted by molar-refractivity contribution is 7.89. The Morgan fingerprint density at radius 3 is 2.61 bits per heavy atom. The average Bonchev–Trinajstić information content (AvgIpc) is 2.74. The van der Waals surface area contributed by atoms with Gasteiger partial charge in [0.2, 0.25) is 10.0 Å². The van der Waals surface area contributed by atoms with E-state index in [1.165, 1.54) is 6.07 Å². The van der Waals surface area contributed by atoms with Crippen LogP contribution in [0.3, 0.4) is 0 Å². The van der Waals surface area contributed by atoms with E-state index < -0.39 is 10.0 Å². The summed E-state index contributed by atoms with van der Waals surface area (Å²) in [7, 11) is -3.73. The normalized spacial score (nSPS) is 11.9. The summed E-state index contributed by atoms with van der Waals surface area (Å²) >= 11 is 0. The highest BCUT2D eigenvalue weighted by atomic mass is 32.2. The smallest absolute Gasteiger partial charge is 0.238 e. The van der Waals surface area contributed by atoms with Gasteiger partial charge in [0.1, 0.15) is 5.75 Å². The highest BCUT2D eigenvalue weighted by Crippen LogP contribution is 2.21. The van der Waals surface area contributed by atoms with Gasteiger partial charge in [-0.2, -0.15) is 0 Å². The Kier molecular flexibility index (Phi) is 9.81. The van der Waals surface area contributed by atoms with Crippen molar-refractivity contribution in [2.24, 2.45) is 10.1 Å². The standard InChI is InChI=1S/C23H34N4O3S/c1-4-6-7-13-30-22-14-18(3)11-12-20(22)17-27-23(25-5-2)26-16-19-9-8-10-21(15-19)31(24,28)29/h8-12,14-15H,4-7,13,16-17H2,1-3H3,(H2,24,28,29)(H2,25,26,27). The van der Waals surface area contributed by atoms with Crippen LogP contribution in [0.5, 0.6) is 5.75 Å². The SMILES string of the molecule is CCCCCOc1cc(C)ccc1CNC(=NCc1cccc(S(N)(=O)=O)c1)NCC. The number of hydrogen-bond donors (Lipinski definition) is 3. The van der Waals surface area contributed by atoms with Gasteiger partial charge in [-0.3, -0.25) is 0 Å². The predicted molar refractivity (Wildman–Crippen MR) is 126 cm³/mol. The molecule has 0 atom stereocenters. The van der Waals surface area contributed by atoms with Crippen LogP contribution in [0.2, 0.25) is 0 Å². The lowest BCUT2D eigenvalue weighted by Gasteiger charge is -2.15. The molecule has 7 nitrogen and oxygen atoms in total. The first-order chi connectivity index (χ1) is 14.8. The Morgan fingerprint density at radius 1 is 1.10 bits per heavy atom. The number of aryl methyl sites for hydroxylation is 1. The largest absolute Gasteiger partial charge is 0.493 e. The van der Waals surface area contributed by atoms with E-state index in [1.54, 1.807) is 12.1 Å². The van der Waals surface area contributed by atoms with E-state index in [9.17, 15) is 8.42 Å². The third-order valence-electron chi connectivity index (χ3n) is 4.67. The fourth-order valence-electron chi connectivity index (χ4n) is 2.99. The molecular weight excluding hydrogens is 412 g/mol. The lowest BCUT2D eigenvalue weighted by molar-refractivity contribution is 0.303. The molecule has 8 heteroatoms. The van der Waals surface area contributed by atoms with Gasteiger partial charge in [-0.15, -0.1) is 0 Å². The number of guanidine groups is 1. The molecule has 0 bridgehead atoms. The van der Waals surface area contributed by atoms with Crippen molar-refractivity contribution in [1.82, 2.24) is 10.6 Å². The van der Waals surface area contributed by atoms with Gasteiger partial charge in [-0.05, 0) is 49.6 Å². The van der Waals surface area contributed by atoms with Crippen LogP contribution in [0.15, 0.2) is 52.4 Å². The quantitative estimate of drug-likeness (QED) is 0.278. The summed E-state index contributed by atoms with van der Waals surface area (Å²) in [6, 6.07) is 12.7. The van der Waals surface area contributed by atoms with Crippen LogP contribution in [-0.4, -0.2) is 27.5 Å². The first-order valence-corrected chi connectivity index (χ1v) is 12.2. The third kappa shape index (κ3) is 8.59. The topological polar surface area (TPSA) is 106 Å². The minimum Gasteiger partial charge on any atom is -0.493 e. The molecule has 2 aromatic carbocycles. The van der Waals surface area contributed by atoms with Crippen molar-refractivity contribution in [3.05, 3.63) is 59.2 Å². The van der Waals surface area contributed by atoms with Crippen LogP contribution in [0.1, 0.15) is 49.8 Å². The van der Waals surface area contributed by atoms with Crippen LogP contribution < -0.4 is 20.5 Å². The van der Waals surface area contributed by atoms with Crippen molar-refractivity contribution < 1.29 is 13.2 Å². The van der Waals surface area contributed by atoms with Crippen LogP contribution >= 0.6 is 0 Å². The van der Waals surface area contributed by atoms with Gasteiger partial charge in [0.15, 0.2) is 5.96 Å². The molecule has 0 unspecified atom stereocenters. The van der Waals surface area contributed by atoms with Crippen molar-refractivity contribution in [3.8, 4) is 5.75 Å². The van der Waals surface area contributed by atoms with E-state index in [-0.39, 0.29) is 4.90 Å². The minimum atomic E-state index is -3.73. The number of nitrogens with two attached hydrogens (primary N) is 1. The summed E-state index contributed by atoms with van der Waals surface area (Å²) in [4.78, 5) is 4.66. The molecule has 0 spiro atoms. The number of hydrogen-bond acceptors (Lipinski definition) is 4. The number of rotatable bonds is 11. The average molecular weight is 447 g/mol. The van der Waals surface area contributed by atoms with Gasteiger partial charge in [0.05, 0.1) is 18.0 Å². The summed E-state index contributed by atoms with van der Waals surface area (Å²) < 4.78 is 29.1. The molecule has 170 valence electrons. The molecule has 0 heterocycles. The molecule has 2 aromatic rings. The maximum atomic E-state index is 11.6. The molecule has 4 N–H and O–H groups in total. The molecular formula is C23H34N4O3S. The maximum Gasteiger partial charge on any atom is 0.238 e. The minimum absolute atomic E-state index is 0.0858. The van der Waals surface area contributed by atoms with E-state index in [1.807, 2.05) is 13.0 Å². The van der Waals surface area contributed by atoms with Crippen molar-refractivity contribution in [2.45, 2.75) is 58.0 Å². The van der Waals surface area contributed by atoms with E-state index in [0.29, 0.717) is 32.2 Å². The molecule has 0 saturated heterocycles. The highest BCUT2D eigenvalue weighted by Gasteiger charge is 2.09. The number of nitrogens with zero attached hydrogens (tertiary/aromatic N) is 1. The molecule has 0 fully saturated rings. The Balaban J connectivity index is 2.07. The molecule has 0 aromatic heterocycles. The fourth-order valence-corrected chi connectivity index (χ4v) is 3.57. The van der Waals surface area contributed by atoms with Crippen molar-refractivity contribution in [3.63, 3.8) is 0 Å². The van der Waals surface area contributed by atoms with Gasteiger partial charge in [0, 0.05) is 18.7 Å². The molecule has 31 heavy (non-hydrogen) atoms. The molecule has 0 amide bonds. The number of sulfonamides is 1. The second kappa shape index (κ2) is 12.3. The molecule has 0 radical (unpaired) electrons. The van der Waals surface area contributed by atoms with Gasteiger partial charge in [-0.25, -0.2) is 18.5 Å². The number of aliphatic imine (C=N–C) groups is 1. The number of ether oxygens (including phenoxy) is 1.